The van der Waals surface area contributed by atoms with Gasteiger partial charge in [0.2, 0.25) is 5.91 Å². The van der Waals surface area contributed by atoms with Crippen LogP contribution in [-0.4, -0.2) is 52.6 Å². The highest BCUT2D eigenvalue weighted by molar-refractivity contribution is 5.87. The van der Waals surface area contributed by atoms with E-state index < -0.39 is 0 Å². The fourth-order valence-corrected chi connectivity index (χ4v) is 4.75. The minimum atomic E-state index is -0.0120. The molecule has 8 heteroatoms. The van der Waals surface area contributed by atoms with Gasteiger partial charge in [-0.3, -0.25) is 4.79 Å². The lowest BCUT2D eigenvalue weighted by Crippen LogP contribution is -2.49. The largest absolute Gasteiger partial charge is 0.488 e. The van der Waals surface area contributed by atoms with Crippen molar-refractivity contribution in [3.05, 3.63) is 42.9 Å². The molecule has 0 radical (unpaired) electrons. The summed E-state index contributed by atoms with van der Waals surface area (Å²) in [6.45, 7) is 1.88. The van der Waals surface area contributed by atoms with Crippen LogP contribution in [0.3, 0.4) is 0 Å². The molecule has 1 aromatic carbocycles. The fraction of sp³-hybridized carbons (Fsp3) is 0.458. The van der Waals surface area contributed by atoms with Crippen LogP contribution in [0.1, 0.15) is 38.5 Å². The molecule has 0 unspecified atom stereocenters. The van der Waals surface area contributed by atoms with E-state index in [9.17, 15) is 4.79 Å². The zero-order valence-electron chi connectivity index (χ0n) is 18.2. The molecule has 1 amide bonds. The van der Waals surface area contributed by atoms with Gasteiger partial charge in [0, 0.05) is 25.3 Å². The minimum absolute atomic E-state index is 0.0120. The normalized spacial score (nSPS) is 19.2. The number of hydrogen-bond donors (Lipinski definition) is 3. The Bertz CT molecular complexity index is 1060. The van der Waals surface area contributed by atoms with Crippen molar-refractivity contribution in [2.45, 2.75) is 50.7 Å². The van der Waals surface area contributed by atoms with Gasteiger partial charge in [-0.1, -0.05) is 12.1 Å². The lowest BCUT2D eigenvalue weighted by atomic mass is 10.1. The van der Waals surface area contributed by atoms with E-state index in [1.165, 1.54) is 12.8 Å². The standard InChI is InChI=1S/C24H30N6O2/c31-22(14-26-20-9-3-4-10-21(20)32-18-7-1-2-8-18)29-17-6-5-13-30(15-17)24-19-11-12-25-23(19)27-16-28-24/h3-4,9-12,16-18,26H,1-2,5-8,13-15H2,(H,29,31)(H,25,27,28)/t17-/m1/s1. The highest BCUT2D eigenvalue weighted by atomic mass is 16.5. The second kappa shape index (κ2) is 9.46. The maximum absolute atomic E-state index is 12.7. The van der Waals surface area contributed by atoms with Gasteiger partial charge in [-0.25, -0.2) is 9.97 Å². The zero-order chi connectivity index (χ0) is 21.8. The van der Waals surface area contributed by atoms with Gasteiger partial charge in [-0.05, 0) is 56.7 Å². The quantitative estimate of drug-likeness (QED) is 0.527. The molecule has 2 aromatic heterocycles. The number of rotatable bonds is 7. The van der Waals surface area contributed by atoms with Gasteiger partial charge in [-0.2, -0.15) is 0 Å². The van der Waals surface area contributed by atoms with Crippen molar-refractivity contribution in [3.8, 4) is 5.75 Å². The summed E-state index contributed by atoms with van der Waals surface area (Å²) in [5, 5.41) is 7.47. The third-order valence-corrected chi connectivity index (χ3v) is 6.34. The molecule has 1 saturated carbocycles. The Morgan fingerprint density at radius 2 is 2.00 bits per heavy atom. The number of hydrogen-bond acceptors (Lipinski definition) is 6. The molecule has 1 aliphatic heterocycles. The Kier molecular flexibility index (Phi) is 6.09. The number of nitrogens with zero attached hydrogens (tertiary/aromatic N) is 3. The molecular formula is C24H30N6O2. The number of aromatic amines is 1. The predicted octanol–water partition coefficient (Wildman–Crippen LogP) is 3.48. The van der Waals surface area contributed by atoms with Gasteiger partial charge in [0.25, 0.3) is 0 Å². The molecule has 32 heavy (non-hydrogen) atoms. The van der Waals surface area contributed by atoms with Crippen LogP contribution in [0.4, 0.5) is 11.5 Å². The van der Waals surface area contributed by atoms with Crippen molar-refractivity contribution >= 4 is 28.4 Å². The maximum Gasteiger partial charge on any atom is 0.239 e. The van der Waals surface area contributed by atoms with Gasteiger partial charge >= 0.3 is 0 Å². The molecule has 3 aromatic rings. The Labute approximate surface area is 187 Å². The summed E-state index contributed by atoms with van der Waals surface area (Å²) in [6, 6.07) is 9.97. The van der Waals surface area contributed by atoms with Crippen LogP contribution >= 0.6 is 0 Å². The van der Waals surface area contributed by atoms with Gasteiger partial charge < -0.3 is 25.3 Å². The van der Waals surface area contributed by atoms with Crippen LogP contribution in [0, 0.1) is 0 Å². The molecule has 168 valence electrons. The first-order valence-corrected chi connectivity index (χ1v) is 11.6. The SMILES string of the molecule is O=C(CNc1ccccc1OC1CCCC1)N[C@@H]1CCCN(c2ncnc3[nH]ccc23)C1. The third kappa shape index (κ3) is 4.64. The maximum atomic E-state index is 12.7. The first-order valence-electron chi connectivity index (χ1n) is 11.6. The number of anilines is 2. The van der Waals surface area contributed by atoms with E-state index in [2.05, 4.69) is 30.5 Å². The molecule has 0 spiro atoms. The second-order valence-electron chi connectivity index (χ2n) is 8.66. The Hall–Kier alpha value is -3.29. The monoisotopic (exact) mass is 434 g/mol. The van der Waals surface area contributed by atoms with Crippen molar-refractivity contribution in [3.63, 3.8) is 0 Å². The van der Waals surface area contributed by atoms with Gasteiger partial charge in [0.1, 0.15) is 23.5 Å². The third-order valence-electron chi connectivity index (χ3n) is 6.34. The number of amides is 1. The van der Waals surface area contributed by atoms with E-state index >= 15 is 0 Å². The van der Waals surface area contributed by atoms with Crippen molar-refractivity contribution in [1.82, 2.24) is 20.3 Å². The summed E-state index contributed by atoms with van der Waals surface area (Å²) in [5.74, 6) is 1.74. The molecule has 1 atom stereocenters. The fourth-order valence-electron chi connectivity index (χ4n) is 4.75. The van der Waals surface area contributed by atoms with Crippen LogP contribution in [0.5, 0.6) is 5.75 Å². The number of carbonyl (C=O) groups excluding carboxylic acids is 1. The molecule has 5 rings (SSSR count). The molecule has 1 aliphatic carbocycles. The number of piperidine rings is 1. The summed E-state index contributed by atoms with van der Waals surface area (Å²) < 4.78 is 6.16. The van der Waals surface area contributed by atoms with Crippen molar-refractivity contribution in [2.75, 3.05) is 29.9 Å². The number of H-pyrrole nitrogens is 1. The van der Waals surface area contributed by atoms with Gasteiger partial charge in [0.05, 0.1) is 23.7 Å². The molecule has 3 N–H and O–H groups in total. The first kappa shape index (κ1) is 20.6. The average molecular weight is 435 g/mol. The van der Waals surface area contributed by atoms with Crippen molar-refractivity contribution in [1.29, 1.82) is 0 Å². The van der Waals surface area contributed by atoms with Gasteiger partial charge in [0.15, 0.2) is 0 Å². The lowest BCUT2D eigenvalue weighted by Gasteiger charge is -2.34. The Morgan fingerprint density at radius 3 is 2.91 bits per heavy atom. The number of aromatic nitrogens is 3. The highest BCUT2D eigenvalue weighted by Crippen LogP contribution is 2.29. The van der Waals surface area contributed by atoms with E-state index in [0.29, 0.717) is 0 Å². The number of nitrogens with one attached hydrogen (secondary N) is 3. The number of carbonyl (C=O) groups is 1. The average Bonchev–Trinajstić information content (AvgIpc) is 3.50. The molecule has 8 nitrogen and oxygen atoms in total. The van der Waals surface area contributed by atoms with Crippen LogP contribution in [0.15, 0.2) is 42.9 Å². The lowest BCUT2D eigenvalue weighted by molar-refractivity contribution is -0.120. The Balaban J connectivity index is 1.17. The van der Waals surface area contributed by atoms with E-state index in [0.717, 1.165) is 67.1 Å². The Morgan fingerprint density at radius 1 is 1.12 bits per heavy atom. The summed E-state index contributed by atoms with van der Waals surface area (Å²) in [5.41, 5.74) is 1.71. The second-order valence-corrected chi connectivity index (χ2v) is 8.66. The topological polar surface area (TPSA) is 95.2 Å². The summed E-state index contributed by atoms with van der Waals surface area (Å²) >= 11 is 0. The molecule has 1 saturated heterocycles. The summed E-state index contributed by atoms with van der Waals surface area (Å²) in [7, 11) is 0. The number of fused-ring (bicyclic) bond motifs is 1. The molecule has 3 heterocycles. The highest BCUT2D eigenvalue weighted by Gasteiger charge is 2.24. The predicted molar refractivity (Wildman–Crippen MR) is 125 cm³/mol. The number of para-hydroxylation sites is 2. The minimum Gasteiger partial charge on any atom is -0.488 e. The van der Waals surface area contributed by atoms with E-state index in [-0.39, 0.29) is 24.6 Å². The molecule has 0 bridgehead atoms. The van der Waals surface area contributed by atoms with E-state index in [4.69, 9.17) is 4.74 Å². The number of ether oxygens (including phenoxy) is 1. The smallest absolute Gasteiger partial charge is 0.239 e. The van der Waals surface area contributed by atoms with E-state index in [1.54, 1.807) is 6.33 Å². The molecule has 2 fully saturated rings. The van der Waals surface area contributed by atoms with Crippen LogP contribution < -0.4 is 20.3 Å². The first-order chi connectivity index (χ1) is 15.8. The summed E-state index contributed by atoms with van der Waals surface area (Å²) in [6.07, 6.45) is 10.4. The van der Waals surface area contributed by atoms with Gasteiger partial charge in [-0.15, -0.1) is 0 Å². The van der Waals surface area contributed by atoms with Crippen LogP contribution in [0.25, 0.3) is 11.0 Å². The van der Waals surface area contributed by atoms with Crippen LogP contribution in [-0.2, 0) is 4.79 Å². The summed E-state index contributed by atoms with van der Waals surface area (Å²) in [4.78, 5) is 26.8. The van der Waals surface area contributed by atoms with E-state index in [1.807, 2.05) is 36.5 Å². The van der Waals surface area contributed by atoms with Crippen LogP contribution in [0.2, 0.25) is 0 Å². The molecular weight excluding hydrogens is 404 g/mol. The number of benzene rings is 1. The van der Waals surface area contributed by atoms with Crippen molar-refractivity contribution in [2.24, 2.45) is 0 Å². The zero-order valence-corrected chi connectivity index (χ0v) is 18.2. The van der Waals surface area contributed by atoms with Crippen molar-refractivity contribution < 1.29 is 9.53 Å². The molecule has 2 aliphatic rings.